The lowest BCUT2D eigenvalue weighted by Crippen LogP contribution is -2.15. The number of thiazole rings is 1. The number of hydrogen-bond acceptors (Lipinski definition) is 6. The smallest absolute Gasteiger partial charge is 0.315 e. The van der Waals surface area contributed by atoms with Gasteiger partial charge in [0.15, 0.2) is 10.5 Å². The molecule has 0 aliphatic heterocycles. The van der Waals surface area contributed by atoms with Crippen molar-refractivity contribution in [2.45, 2.75) is 32.6 Å². The largest absolute Gasteiger partial charge is 0.465 e. The van der Waals surface area contributed by atoms with Crippen LogP contribution in [0.3, 0.4) is 0 Å². The van der Waals surface area contributed by atoms with Crippen LogP contribution in [0.15, 0.2) is 12.4 Å². The first-order chi connectivity index (χ1) is 8.76. The van der Waals surface area contributed by atoms with Gasteiger partial charge in [0.05, 0.1) is 6.61 Å². The Bertz CT molecular complexity index is 508. The van der Waals surface area contributed by atoms with Crippen molar-refractivity contribution < 1.29 is 9.53 Å². The van der Waals surface area contributed by atoms with Crippen molar-refractivity contribution in [3.05, 3.63) is 17.4 Å². The van der Waals surface area contributed by atoms with E-state index in [2.05, 4.69) is 15.0 Å². The molecule has 2 aromatic rings. The van der Waals surface area contributed by atoms with E-state index in [0.29, 0.717) is 12.3 Å². The Balaban J connectivity index is 2.32. The lowest BCUT2D eigenvalue weighted by atomic mass is 10.1. The lowest BCUT2D eigenvalue weighted by Gasteiger charge is -2.11. The molecular weight excluding hydrogens is 250 g/mol. The molecule has 0 N–H and O–H groups in total. The molecule has 0 aliphatic carbocycles. The van der Waals surface area contributed by atoms with E-state index in [0.717, 1.165) is 22.7 Å². The van der Waals surface area contributed by atoms with E-state index in [-0.39, 0.29) is 11.9 Å². The number of ether oxygens (including phenoxy) is 1. The molecule has 18 heavy (non-hydrogen) atoms. The Labute approximate surface area is 109 Å². The summed E-state index contributed by atoms with van der Waals surface area (Å²) in [6.07, 6.45) is 4.87. The highest BCUT2D eigenvalue weighted by atomic mass is 32.1. The quantitative estimate of drug-likeness (QED) is 0.777. The minimum Gasteiger partial charge on any atom is -0.465 e. The third kappa shape index (κ3) is 2.64. The Kier molecular flexibility index (Phi) is 4.19. The van der Waals surface area contributed by atoms with E-state index >= 15 is 0 Å². The number of carbonyl (C=O) groups is 1. The van der Waals surface area contributed by atoms with Crippen molar-refractivity contribution in [1.29, 1.82) is 0 Å². The van der Waals surface area contributed by atoms with E-state index in [1.165, 1.54) is 11.3 Å². The third-order valence-corrected chi connectivity index (χ3v) is 3.58. The van der Waals surface area contributed by atoms with Gasteiger partial charge in [0, 0.05) is 12.4 Å². The van der Waals surface area contributed by atoms with Crippen molar-refractivity contribution >= 4 is 27.8 Å². The molecule has 0 aliphatic rings. The predicted molar refractivity (Wildman–Crippen MR) is 69.5 cm³/mol. The topological polar surface area (TPSA) is 65.0 Å². The summed E-state index contributed by atoms with van der Waals surface area (Å²) in [6, 6.07) is 0. The second kappa shape index (κ2) is 5.86. The maximum atomic E-state index is 11.9. The van der Waals surface area contributed by atoms with Crippen molar-refractivity contribution in [2.75, 3.05) is 6.61 Å². The summed E-state index contributed by atoms with van der Waals surface area (Å²) in [5.41, 5.74) is 0.600. The maximum Gasteiger partial charge on any atom is 0.315 e. The van der Waals surface area contributed by atoms with Crippen molar-refractivity contribution in [3.63, 3.8) is 0 Å². The fourth-order valence-electron chi connectivity index (χ4n) is 1.72. The number of esters is 1. The van der Waals surface area contributed by atoms with Gasteiger partial charge in [-0.2, -0.15) is 0 Å². The van der Waals surface area contributed by atoms with Gasteiger partial charge < -0.3 is 4.74 Å². The van der Waals surface area contributed by atoms with Gasteiger partial charge in [-0.15, -0.1) is 0 Å². The van der Waals surface area contributed by atoms with Crippen LogP contribution in [0.2, 0.25) is 0 Å². The van der Waals surface area contributed by atoms with Gasteiger partial charge in [0.1, 0.15) is 10.9 Å². The zero-order chi connectivity index (χ0) is 13.0. The van der Waals surface area contributed by atoms with E-state index < -0.39 is 0 Å². The van der Waals surface area contributed by atoms with E-state index in [1.807, 2.05) is 13.8 Å². The summed E-state index contributed by atoms with van der Waals surface area (Å²) in [5, 5.41) is 0.747. The summed E-state index contributed by atoms with van der Waals surface area (Å²) in [7, 11) is 0. The summed E-state index contributed by atoms with van der Waals surface area (Å²) < 4.78 is 5.09. The molecule has 2 rings (SSSR count). The molecule has 0 amide bonds. The highest BCUT2D eigenvalue weighted by molar-refractivity contribution is 7.18. The lowest BCUT2D eigenvalue weighted by molar-refractivity contribution is -0.145. The van der Waals surface area contributed by atoms with E-state index in [4.69, 9.17) is 4.74 Å². The van der Waals surface area contributed by atoms with Crippen LogP contribution in [0.25, 0.3) is 10.5 Å². The average Bonchev–Trinajstić information content (AvgIpc) is 2.79. The number of rotatable bonds is 5. The SMILES string of the molecule is CCCC(C(=O)OCC)c1nc2nccnc2s1. The zero-order valence-electron chi connectivity index (χ0n) is 10.4. The van der Waals surface area contributed by atoms with Gasteiger partial charge in [-0.3, -0.25) is 4.79 Å². The highest BCUT2D eigenvalue weighted by Gasteiger charge is 2.25. The molecule has 0 bridgehead atoms. The van der Waals surface area contributed by atoms with Gasteiger partial charge in [0.25, 0.3) is 0 Å². The van der Waals surface area contributed by atoms with Crippen molar-refractivity contribution in [2.24, 2.45) is 0 Å². The minimum absolute atomic E-state index is 0.210. The Morgan fingerprint density at radius 1 is 1.39 bits per heavy atom. The fourth-order valence-corrected chi connectivity index (χ4v) is 2.71. The molecule has 0 fully saturated rings. The number of fused-ring (bicyclic) bond motifs is 1. The molecule has 1 atom stereocenters. The highest BCUT2D eigenvalue weighted by Crippen LogP contribution is 2.29. The summed E-state index contributed by atoms with van der Waals surface area (Å²) >= 11 is 1.41. The number of carbonyl (C=O) groups excluding carboxylic acids is 1. The van der Waals surface area contributed by atoms with Crippen LogP contribution in [0.4, 0.5) is 0 Å². The number of nitrogens with zero attached hydrogens (tertiary/aromatic N) is 3. The number of aromatic nitrogens is 3. The molecule has 0 saturated carbocycles. The minimum atomic E-state index is -0.295. The Hall–Kier alpha value is -1.56. The van der Waals surface area contributed by atoms with E-state index in [9.17, 15) is 4.79 Å². The molecule has 1 unspecified atom stereocenters. The van der Waals surface area contributed by atoms with Gasteiger partial charge in [0.2, 0.25) is 0 Å². The summed E-state index contributed by atoms with van der Waals surface area (Å²) in [6.45, 7) is 4.23. The molecule has 96 valence electrons. The standard InChI is InChI=1S/C12H15N3O2S/c1-3-5-8(12(16)17-4-2)10-15-9-11(18-10)14-7-6-13-9/h6-8H,3-5H2,1-2H3. The van der Waals surface area contributed by atoms with Crippen LogP contribution in [-0.4, -0.2) is 27.5 Å². The zero-order valence-corrected chi connectivity index (χ0v) is 11.2. The van der Waals surface area contributed by atoms with Crippen LogP contribution in [-0.2, 0) is 9.53 Å². The molecular formula is C12H15N3O2S. The second-order valence-corrected chi connectivity index (χ2v) is 4.84. The van der Waals surface area contributed by atoms with Crippen LogP contribution in [0.1, 0.15) is 37.6 Å². The molecule has 0 saturated heterocycles. The fraction of sp³-hybridized carbons (Fsp3) is 0.500. The molecule has 0 aromatic carbocycles. The monoisotopic (exact) mass is 265 g/mol. The average molecular weight is 265 g/mol. The first-order valence-corrected chi connectivity index (χ1v) is 6.82. The normalized spacial score (nSPS) is 12.6. The van der Waals surface area contributed by atoms with Crippen LogP contribution >= 0.6 is 11.3 Å². The van der Waals surface area contributed by atoms with Crippen molar-refractivity contribution in [1.82, 2.24) is 15.0 Å². The van der Waals surface area contributed by atoms with Crippen LogP contribution < -0.4 is 0 Å². The van der Waals surface area contributed by atoms with Crippen molar-refractivity contribution in [3.8, 4) is 0 Å². The Morgan fingerprint density at radius 3 is 2.83 bits per heavy atom. The second-order valence-electron chi connectivity index (χ2n) is 3.83. The maximum absolute atomic E-state index is 11.9. The first-order valence-electron chi connectivity index (χ1n) is 6.00. The van der Waals surface area contributed by atoms with Crippen LogP contribution in [0.5, 0.6) is 0 Å². The van der Waals surface area contributed by atoms with Crippen LogP contribution in [0, 0.1) is 0 Å². The molecule has 2 aromatic heterocycles. The molecule has 0 spiro atoms. The molecule has 2 heterocycles. The van der Waals surface area contributed by atoms with E-state index in [1.54, 1.807) is 12.4 Å². The number of hydrogen-bond donors (Lipinski definition) is 0. The van der Waals surface area contributed by atoms with Gasteiger partial charge in [-0.1, -0.05) is 24.7 Å². The molecule has 6 heteroatoms. The third-order valence-electron chi connectivity index (χ3n) is 2.51. The summed E-state index contributed by atoms with van der Waals surface area (Å²) in [4.78, 5) is 25.4. The molecule has 5 nitrogen and oxygen atoms in total. The van der Waals surface area contributed by atoms with Gasteiger partial charge in [-0.25, -0.2) is 15.0 Å². The summed E-state index contributed by atoms with van der Waals surface area (Å²) in [5.74, 6) is -0.505. The first kappa shape index (κ1) is 12.9. The van der Waals surface area contributed by atoms with Gasteiger partial charge >= 0.3 is 5.97 Å². The molecule has 0 radical (unpaired) electrons. The predicted octanol–water partition coefficient (Wildman–Crippen LogP) is 2.53. The Morgan fingerprint density at radius 2 is 2.17 bits per heavy atom. The van der Waals surface area contributed by atoms with Gasteiger partial charge in [-0.05, 0) is 13.3 Å².